The van der Waals surface area contributed by atoms with E-state index in [-0.39, 0.29) is 0 Å². The zero-order valence-corrected chi connectivity index (χ0v) is 50.1. The predicted molar refractivity (Wildman–Crippen MR) is 295 cm³/mol. The average molecular weight is 1440 g/mol. The molecular weight excluding hydrogens is 1390 g/mol. The molecule has 0 amide bonds. The first kappa shape index (κ1) is 52.0. The quantitative estimate of drug-likeness (QED) is 0.105. The second-order valence-corrected chi connectivity index (χ2v) is 93.6. The van der Waals surface area contributed by atoms with Gasteiger partial charge in [-0.15, -0.1) is 0 Å². The minimum absolute atomic E-state index is 0.758. The van der Waals surface area contributed by atoms with E-state index in [1.54, 1.807) is 31.8 Å². The summed E-state index contributed by atoms with van der Waals surface area (Å²) in [4.78, 5) is 0. The van der Waals surface area contributed by atoms with Crippen LogP contribution in [0.15, 0.2) is 182 Å². The first-order chi connectivity index (χ1) is 28.8. The molecule has 6 aromatic rings. The van der Waals surface area contributed by atoms with E-state index in [1.165, 1.54) is 64.2 Å². The first-order valence-corrected chi connectivity index (χ1v) is 47.2. The number of rotatable bonds is 8. The van der Waals surface area contributed by atoms with Crippen LogP contribution in [-0.4, -0.2) is 11.3 Å². The van der Waals surface area contributed by atoms with Gasteiger partial charge in [0.15, 0.2) is 0 Å². The molecule has 6 aromatic carbocycles. The fourth-order valence-electron chi connectivity index (χ4n) is 9.07. The Morgan fingerprint density at radius 1 is 0.267 bits per heavy atom. The Labute approximate surface area is 422 Å². The van der Waals surface area contributed by atoms with E-state index in [1.807, 2.05) is 0 Å². The second-order valence-electron chi connectivity index (χ2n) is 14.7. The smallest absolute Gasteiger partial charge is 0.0620 e. The standard InChI is InChI=1S/2C24H26P.8BrH.2Mn/c2*1-5-13-21(14-6-1)25(22-15-7-2-8-16-22,23-17-9-3-10-18-23)24-19-11-4-12-20-24;;;;;;;;;;/h2*1-3,5-10,13-18,24H,4,11-12,19-20H2;8*1H;;/q2*+1;;;;;;;;;2*+3/p-8. The van der Waals surface area contributed by atoms with Gasteiger partial charge in [-0.25, -0.2) is 0 Å². The molecule has 0 unspecified atom stereocenters. The Balaban J connectivity index is 0.000000186. The molecule has 0 aliphatic heterocycles. The van der Waals surface area contributed by atoms with Crippen molar-refractivity contribution in [3.05, 3.63) is 182 Å². The van der Waals surface area contributed by atoms with E-state index in [9.17, 15) is 0 Å². The molecule has 2 saturated carbocycles. The fraction of sp³-hybridized carbons (Fsp3) is 0.250. The van der Waals surface area contributed by atoms with Crippen LogP contribution < -0.4 is 31.8 Å². The number of hydrogen-bond donors (Lipinski definition) is 0. The maximum atomic E-state index is 3.27. The van der Waals surface area contributed by atoms with Crippen molar-refractivity contribution in [3.63, 3.8) is 0 Å². The fourth-order valence-corrected chi connectivity index (χ4v) is 19.5. The maximum absolute atomic E-state index is 3.27. The van der Waals surface area contributed by atoms with Crippen LogP contribution in [0.1, 0.15) is 64.2 Å². The summed E-state index contributed by atoms with van der Waals surface area (Å²) >= 11 is 26.1. The molecule has 0 spiro atoms. The number of benzene rings is 6. The van der Waals surface area contributed by atoms with Crippen LogP contribution >= 0.6 is 127 Å². The van der Waals surface area contributed by atoms with Gasteiger partial charge in [-0.2, -0.15) is 0 Å². The van der Waals surface area contributed by atoms with Crippen molar-refractivity contribution in [2.45, 2.75) is 75.5 Å². The molecule has 0 nitrogen and oxygen atoms in total. The summed E-state index contributed by atoms with van der Waals surface area (Å²) in [5.41, 5.74) is -1.23. The van der Waals surface area contributed by atoms with Gasteiger partial charge in [0.1, 0.15) is 46.4 Å². The van der Waals surface area contributed by atoms with Crippen molar-refractivity contribution in [1.82, 2.24) is 0 Å². The molecule has 0 aromatic heterocycles. The Bertz CT molecular complexity index is 1710. The second kappa shape index (κ2) is 26.4. The Hall–Kier alpha value is 1.06. The van der Waals surface area contributed by atoms with Gasteiger partial charge >= 0.3 is 124 Å². The summed E-state index contributed by atoms with van der Waals surface area (Å²) in [5, 5.41) is 9.25. The Morgan fingerprint density at radius 3 is 0.567 bits per heavy atom. The minimum atomic E-state index is -1.63. The summed E-state index contributed by atoms with van der Waals surface area (Å²) in [6.45, 7) is 0. The third kappa shape index (κ3) is 15.6. The van der Waals surface area contributed by atoms with Crippen molar-refractivity contribution >= 4 is 159 Å². The Morgan fingerprint density at radius 2 is 0.417 bits per heavy atom. The van der Waals surface area contributed by atoms with Crippen LogP contribution in [0.2, 0.25) is 0 Å². The van der Waals surface area contributed by atoms with Gasteiger partial charge < -0.3 is 0 Å². The van der Waals surface area contributed by atoms with Crippen molar-refractivity contribution in [2.75, 3.05) is 0 Å². The van der Waals surface area contributed by atoms with Gasteiger partial charge in [-0.3, -0.25) is 0 Å². The molecule has 0 N–H and O–H groups in total. The zero-order valence-electron chi connectivity index (χ0n) is 33.2. The topological polar surface area (TPSA) is 0 Å². The van der Waals surface area contributed by atoms with Crippen molar-refractivity contribution in [1.29, 1.82) is 0 Å². The largest absolute Gasteiger partial charge is 0.115 e. The summed E-state index contributed by atoms with van der Waals surface area (Å²) < 4.78 is 0. The van der Waals surface area contributed by atoms with E-state index in [0.717, 1.165) is 11.3 Å². The van der Waals surface area contributed by atoms with Crippen LogP contribution in [0.5, 0.6) is 0 Å². The predicted octanol–water partition coefficient (Wildman–Crippen LogP) is 17.4. The summed E-state index contributed by atoms with van der Waals surface area (Å²) in [6, 6.07) is 68.1. The van der Waals surface area contributed by atoms with Gasteiger partial charge in [0, 0.05) is 0 Å². The average Bonchev–Trinajstić information content (AvgIpc) is 3.27. The van der Waals surface area contributed by atoms with E-state index in [4.69, 9.17) is 0 Å². The SMILES string of the molecule is [Br][Mn-]([Br])([Br])[Br].[Br][Mn-]([Br])([Br])[Br].c1ccc([P+](c2ccccc2)(c2ccccc2)C2CCCCC2)cc1.c1ccc([P+](c2ccccc2)(c2ccccc2)C2CCCCC2)cc1. The van der Waals surface area contributed by atoms with Crippen molar-refractivity contribution in [3.8, 4) is 0 Å². The summed E-state index contributed by atoms with van der Waals surface area (Å²) in [5.74, 6) is 0. The normalized spacial score (nSPS) is 15.7. The van der Waals surface area contributed by atoms with Gasteiger partial charge in [0.2, 0.25) is 0 Å². The molecule has 0 atom stereocenters. The van der Waals surface area contributed by atoms with Gasteiger partial charge in [0.05, 0.1) is 11.3 Å². The van der Waals surface area contributed by atoms with Crippen LogP contribution in [0, 0.1) is 0 Å². The Kier molecular flexibility index (Phi) is 22.9. The van der Waals surface area contributed by atoms with E-state index in [0.29, 0.717) is 0 Å². The van der Waals surface area contributed by atoms with E-state index in [2.05, 4.69) is 295 Å². The molecule has 8 rings (SSSR count). The molecular formula is C48H52Br8Mn2P2. The molecule has 2 aliphatic carbocycles. The molecule has 324 valence electrons. The molecule has 0 saturated heterocycles. The summed E-state index contributed by atoms with van der Waals surface area (Å²) in [7, 11) is -3.26. The van der Waals surface area contributed by atoms with Gasteiger partial charge in [-0.1, -0.05) is 122 Å². The minimum Gasteiger partial charge on any atom is -0.0620 e. The third-order valence-electron chi connectivity index (χ3n) is 11.2. The van der Waals surface area contributed by atoms with Gasteiger partial charge in [-0.05, 0) is 124 Å². The number of halogens is 8. The zero-order chi connectivity index (χ0) is 42.9. The monoisotopic (exact) mass is 1430 g/mol. The van der Waals surface area contributed by atoms with E-state index >= 15 is 0 Å². The molecule has 0 bridgehead atoms. The van der Waals surface area contributed by atoms with Crippen LogP contribution in [0.4, 0.5) is 0 Å². The summed E-state index contributed by atoms with van der Waals surface area (Å²) in [6.07, 6.45) is 13.7. The van der Waals surface area contributed by atoms with Crippen molar-refractivity contribution in [2.24, 2.45) is 0 Å². The van der Waals surface area contributed by atoms with Crippen LogP contribution in [-0.2, 0) is 11.2 Å². The molecule has 60 heavy (non-hydrogen) atoms. The van der Waals surface area contributed by atoms with Crippen LogP contribution in [0.25, 0.3) is 0 Å². The van der Waals surface area contributed by atoms with Gasteiger partial charge in [0.25, 0.3) is 0 Å². The third-order valence-corrected chi connectivity index (χ3v) is 21.1. The molecule has 2 aliphatic rings. The van der Waals surface area contributed by atoms with E-state index < -0.39 is 25.8 Å². The van der Waals surface area contributed by atoms with Crippen LogP contribution in [0.3, 0.4) is 0 Å². The number of hydrogen-bond acceptors (Lipinski definition) is 0. The first-order valence-electron chi connectivity index (χ1n) is 20.1. The molecule has 12 heteroatoms. The molecule has 0 radical (unpaired) electrons. The maximum Gasteiger partial charge on any atom is 0.115 e. The van der Waals surface area contributed by atoms with Crippen molar-refractivity contribution < 1.29 is 11.2 Å². The molecule has 0 heterocycles. The molecule has 2 fully saturated rings.